The van der Waals surface area contributed by atoms with Gasteiger partial charge in [-0.1, -0.05) is 91.0 Å². The van der Waals surface area contributed by atoms with E-state index in [1.807, 2.05) is 0 Å². The van der Waals surface area contributed by atoms with E-state index >= 15 is 0 Å². The van der Waals surface area contributed by atoms with Crippen LogP contribution in [0.25, 0.3) is 49.5 Å². The molecular formula is C42H35N3. The molecule has 0 saturated heterocycles. The molecule has 9 rings (SSSR count). The van der Waals surface area contributed by atoms with Crippen LogP contribution in [0, 0.1) is 0 Å². The Labute approximate surface area is 264 Å². The van der Waals surface area contributed by atoms with Gasteiger partial charge in [-0.25, -0.2) is 0 Å². The molecule has 1 unspecified atom stereocenters. The van der Waals surface area contributed by atoms with Crippen molar-refractivity contribution < 1.29 is 0 Å². The monoisotopic (exact) mass is 581 g/mol. The first-order valence-corrected chi connectivity index (χ1v) is 16.3. The van der Waals surface area contributed by atoms with E-state index in [-0.39, 0.29) is 0 Å². The number of aromatic nitrogens is 1. The quantitative estimate of drug-likeness (QED) is 0.204. The SMILES string of the molecule is CC1=NCCCC1n1ccc2cc3c(cc21)-c1ccccc1C1=C(CCC=C1)N3c1cc(-c2ccccc2)cc2ccccc12. The molecule has 3 heterocycles. The van der Waals surface area contributed by atoms with Gasteiger partial charge in [-0.2, -0.15) is 0 Å². The molecule has 218 valence electrons. The van der Waals surface area contributed by atoms with E-state index in [0.717, 1.165) is 32.2 Å². The van der Waals surface area contributed by atoms with Crippen molar-refractivity contribution in [1.29, 1.82) is 0 Å². The lowest BCUT2D eigenvalue weighted by molar-refractivity contribution is 0.554. The average molecular weight is 582 g/mol. The highest BCUT2D eigenvalue weighted by Crippen LogP contribution is 2.51. The summed E-state index contributed by atoms with van der Waals surface area (Å²) in [5.74, 6) is 0. The molecule has 0 radical (unpaired) electrons. The van der Waals surface area contributed by atoms with Gasteiger partial charge in [0.2, 0.25) is 0 Å². The Morgan fingerprint density at radius 3 is 2.42 bits per heavy atom. The van der Waals surface area contributed by atoms with Gasteiger partial charge >= 0.3 is 0 Å². The van der Waals surface area contributed by atoms with Gasteiger partial charge in [0, 0.05) is 51.6 Å². The molecule has 3 aliphatic rings. The van der Waals surface area contributed by atoms with Gasteiger partial charge < -0.3 is 9.47 Å². The van der Waals surface area contributed by atoms with Crippen LogP contribution in [0.2, 0.25) is 0 Å². The number of aliphatic imine (C=N–C) groups is 1. The molecule has 3 heteroatoms. The molecule has 1 atom stereocenters. The Bertz CT molecular complexity index is 2210. The minimum absolute atomic E-state index is 0.312. The Morgan fingerprint density at radius 2 is 1.53 bits per heavy atom. The van der Waals surface area contributed by atoms with Crippen LogP contribution in [0.3, 0.4) is 0 Å². The van der Waals surface area contributed by atoms with Crippen LogP contribution >= 0.6 is 0 Å². The van der Waals surface area contributed by atoms with Crippen molar-refractivity contribution in [2.45, 2.75) is 38.6 Å². The minimum Gasteiger partial charge on any atom is -0.339 e. The zero-order valence-electron chi connectivity index (χ0n) is 25.6. The number of allylic oxidation sites excluding steroid dienone is 4. The molecule has 0 bridgehead atoms. The summed E-state index contributed by atoms with van der Waals surface area (Å²) in [5, 5.41) is 3.79. The van der Waals surface area contributed by atoms with Crippen LogP contribution in [0.5, 0.6) is 0 Å². The zero-order chi connectivity index (χ0) is 29.9. The molecule has 2 aliphatic heterocycles. The lowest BCUT2D eigenvalue weighted by Crippen LogP contribution is -2.21. The summed E-state index contributed by atoms with van der Waals surface area (Å²) >= 11 is 0. The highest BCUT2D eigenvalue weighted by molar-refractivity contribution is 6.08. The fraction of sp³-hybridized carbons (Fsp3) is 0.167. The molecule has 0 saturated carbocycles. The molecule has 1 aliphatic carbocycles. The van der Waals surface area contributed by atoms with Crippen LogP contribution in [0.15, 0.2) is 138 Å². The molecule has 0 amide bonds. The van der Waals surface area contributed by atoms with E-state index < -0.39 is 0 Å². The number of hydrogen-bond acceptors (Lipinski definition) is 2. The Morgan fingerprint density at radius 1 is 0.711 bits per heavy atom. The highest BCUT2D eigenvalue weighted by atomic mass is 15.2. The van der Waals surface area contributed by atoms with Crippen LogP contribution in [-0.2, 0) is 0 Å². The number of anilines is 2. The Kier molecular flexibility index (Phi) is 6.12. The second kappa shape index (κ2) is 10.5. The molecule has 0 N–H and O–H groups in total. The largest absolute Gasteiger partial charge is 0.339 e. The van der Waals surface area contributed by atoms with Crippen molar-refractivity contribution in [2.75, 3.05) is 11.4 Å². The first kappa shape index (κ1) is 26.3. The second-order valence-electron chi connectivity index (χ2n) is 12.6. The predicted octanol–water partition coefficient (Wildman–Crippen LogP) is 11.1. The predicted molar refractivity (Wildman–Crippen MR) is 190 cm³/mol. The van der Waals surface area contributed by atoms with Crippen LogP contribution in [0.4, 0.5) is 11.4 Å². The van der Waals surface area contributed by atoms with Gasteiger partial charge in [0.1, 0.15) is 0 Å². The van der Waals surface area contributed by atoms with E-state index in [1.54, 1.807) is 0 Å². The van der Waals surface area contributed by atoms with Gasteiger partial charge in [0.05, 0.1) is 17.4 Å². The Hall–Kier alpha value is -5.15. The lowest BCUT2D eigenvalue weighted by Gasteiger charge is -2.32. The van der Waals surface area contributed by atoms with E-state index in [1.165, 1.54) is 77.8 Å². The smallest absolute Gasteiger partial charge is 0.0711 e. The van der Waals surface area contributed by atoms with Crippen molar-refractivity contribution in [3.8, 4) is 22.3 Å². The van der Waals surface area contributed by atoms with E-state index in [0.29, 0.717) is 6.04 Å². The maximum atomic E-state index is 4.85. The lowest BCUT2D eigenvalue weighted by atomic mass is 9.91. The standard InChI is InChI=1S/C42H35N3/c1-28-38(20-11-22-43-28)44-23-21-31-25-42-37(27-40(31)44)35-17-8-7-16-34(35)36-18-9-10-19-39(36)45(42)41-26-32(29-12-3-2-4-13-29)24-30-14-5-6-15-33(30)41/h2-9,12-18,21,23-27,38H,10-11,19-20,22H2,1H3. The number of nitrogens with zero attached hydrogens (tertiary/aromatic N) is 3. The van der Waals surface area contributed by atoms with Gasteiger partial charge in [0.15, 0.2) is 0 Å². The maximum Gasteiger partial charge on any atom is 0.0711 e. The molecule has 1 aromatic heterocycles. The molecule has 3 nitrogen and oxygen atoms in total. The number of fused-ring (bicyclic) bond motifs is 6. The summed E-state index contributed by atoms with van der Waals surface area (Å²) in [4.78, 5) is 7.45. The van der Waals surface area contributed by atoms with E-state index in [4.69, 9.17) is 4.99 Å². The first-order chi connectivity index (χ1) is 22.2. The molecule has 0 fully saturated rings. The second-order valence-corrected chi connectivity index (χ2v) is 12.6. The summed E-state index contributed by atoms with van der Waals surface area (Å²) in [5.41, 5.74) is 14.0. The topological polar surface area (TPSA) is 20.5 Å². The maximum absolute atomic E-state index is 4.85. The average Bonchev–Trinajstić information content (AvgIpc) is 3.46. The van der Waals surface area contributed by atoms with Gasteiger partial charge in [-0.15, -0.1) is 0 Å². The number of rotatable bonds is 3. The molecule has 45 heavy (non-hydrogen) atoms. The molecular weight excluding hydrogens is 546 g/mol. The third-order valence-corrected chi connectivity index (χ3v) is 10.0. The van der Waals surface area contributed by atoms with Crippen molar-refractivity contribution in [1.82, 2.24) is 4.57 Å². The third kappa shape index (κ3) is 4.22. The normalized spacial score (nSPS) is 17.6. The Balaban J connectivity index is 1.37. The fourth-order valence-corrected chi connectivity index (χ4v) is 7.83. The van der Waals surface area contributed by atoms with Crippen molar-refractivity contribution >= 4 is 44.3 Å². The molecule has 5 aromatic carbocycles. The van der Waals surface area contributed by atoms with E-state index in [2.05, 4.69) is 144 Å². The van der Waals surface area contributed by atoms with Crippen molar-refractivity contribution in [3.63, 3.8) is 0 Å². The van der Waals surface area contributed by atoms with Crippen LogP contribution in [0.1, 0.15) is 44.2 Å². The zero-order valence-corrected chi connectivity index (χ0v) is 25.6. The van der Waals surface area contributed by atoms with E-state index in [9.17, 15) is 0 Å². The van der Waals surface area contributed by atoms with Gasteiger partial charge in [0.25, 0.3) is 0 Å². The number of benzene rings is 5. The summed E-state index contributed by atoms with van der Waals surface area (Å²) in [6.45, 7) is 3.14. The summed E-state index contributed by atoms with van der Waals surface area (Å²) in [6.07, 6.45) is 11.3. The van der Waals surface area contributed by atoms with Crippen molar-refractivity contribution in [2.24, 2.45) is 4.99 Å². The van der Waals surface area contributed by atoms with Gasteiger partial charge in [-0.3, -0.25) is 4.99 Å². The highest BCUT2D eigenvalue weighted by Gasteiger charge is 2.30. The third-order valence-electron chi connectivity index (χ3n) is 10.0. The van der Waals surface area contributed by atoms with Crippen LogP contribution < -0.4 is 4.90 Å². The summed E-state index contributed by atoms with van der Waals surface area (Å²) in [7, 11) is 0. The summed E-state index contributed by atoms with van der Waals surface area (Å²) in [6, 6.07) is 41.0. The molecule has 6 aromatic rings. The van der Waals surface area contributed by atoms with Crippen molar-refractivity contribution in [3.05, 3.63) is 139 Å². The fourth-order valence-electron chi connectivity index (χ4n) is 7.83. The van der Waals surface area contributed by atoms with Crippen LogP contribution in [-0.4, -0.2) is 16.8 Å². The minimum atomic E-state index is 0.312. The summed E-state index contributed by atoms with van der Waals surface area (Å²) < 4.78 is 2.48. The first-order valence-electron chi connectivity index (χ1n) is 16.3. The molecule has 0 spiro atoms. The number of hydrogen-bond donors (Lipinski definition) is 0. The van der Waals surface area contributed by atoms with Gasteiger partial charge in [-0.05, 0) is 90.6 Å².